The Morgan fingerprint density at radius 3 is 2.44 bits per heavy atom. The first-order valence-electron chi connectivity index (χ1n) is 12.1. The summed E-state index contributed by atoms with van der Waals surface area (Å²) in [6.07, 6.45) is -0.0210. The third-order valence-electron chi connectivity index (χ3n) is 6.86. The molecule has 0 aliphatic carbocycles. The van der Waals surface area contributed by atoms with Crippen molar-refractivity contribution < 1.29 is 24.4 Å². The Labute approximate surface area is 200 Å². The van der Waals surface area contributed by atoms with Crippen molar-refractivity contribution in [3.8, 4) is 5.75 Å². The molecule has 5 rings (SSSR count). The monoisotopic (exact) mass is 465 g/mol. The molecule has 0 aromatic heterocycles. The van der Waals surface area contributed by atoms with Crippen molar-refractivity contribution in [3.63, 3.8) is 0 Å². The van der Waals surface area contributed by atoms with Crippen molar-refractivity contribution >= 4 is 28.8 Å². The Bertz CT molecular complexity index is 1030. The molecule has 8 nitrogen and oxygen atoms in total. The van der Waals surface area contributed by atoms with Gasteiger partial charge in [-0.3, -0.25) is 10.1 Å². The van der Waals surface area contributed by atoms with Crippen LogP contribution in [0.1, 0.15) is 23.2 Å². The van der Waals surface area contributed by atoms with Gasteiger partial charge in [0, 0.05) is 63.5 Å². The number of piperazine rings is 1. The summed E-state index contributed by atoms with van der Waals surface area (Å²) in [6, 6.07) is 13.8. The Kier molecular flexibility index (Phi) is 6.80. The van der Waals surface area contributed by atoms with Gasteiger partial charge in [0.1, 0.15) is 18.2 Å². The van der Waals surface area contributed by atoms with E-state index >= 15 is 0 Å². The second-order valence-corrected chi connectivity index (χ2v) is 9.32. The fraction of sp³-hybridized carbons (Fsp3) is 0.462. The number of primary amides is 1. The molecule has 180 valence electrons. The molecule has 3 heterocycles. The van der Waals surface area contributed by atoms with Crippen molar-refractivity contribution in [1.82, 2.24) is 4.90 Å². The summed E-state index contributed by atoms with van der Waals surface area (Å²) in [5, 5.41) is 1.65. The van der Waals surface area contributed by atoms with Gasteiger partial charge in [0.15, 0.2) is 11.5 Å². The molecular weight excluding hydrogens is 432 g/mol. The van der Waals surface area contributed by atoms with Gasteiger partial charge in [0.05, 0.1) is 24.5 Å². The lowest BCUT2D eigenvalue weighted by atomic mass is 9.97. The molecule has 0 radical (unpaired) electrons. The number of Topliss-reactive ketones (excluding diaryl/α,β-unsaturated/α-hetero) is 1. The quantitative estimate of drug-likeness (QED) is 0.669. The third kappa shape index (κ3) is 5.09. The van der Waals surface area contributed by atoms with Crippen LogP contribution < -0.4 is 19.9 Å². The van der Waals surface area contributed by atoms with E-state index < -0.39 is 6.10 Å². The number of quaternary nitrogens is 1. The lowest BCUT2D eigenvalue weighted by Crippen LogP contribution is -2.82. The topological polar surface area (TPSA) is 78.9 Å². The highest BCUT2D eigenvalue weighted by Gasteiger charge is 2.32. The summed E-state index contributed by atoms with van der Waals surface area (Å²) >= 11 is 0. The Hall–Kier alpha value is -2.94. The van der Waals surface area contributed by atoms with Gasteiger partial charge in [0.25, 0.3) is 0 Å². The summed E-state index contributed by atoms with van der Waals surface area (Å²) in [4.78, 5) is 32.5. The third-order valence-corrected chi connectivity index (χ3v) is 6.86. The maximum absolute atomic E-state index is 12.9. The number of nitrogens with zero attached hydrogens (tertiary/aromatic N) is 3. The van der Waals surface area contributed by atoms with E-state index in [1.807, 2.05) is 42.5 Å². The van der Waals surface area contributed by atoms with Crippen LogP contribution in [0.4, 0.5) is 17.1 Å². The number of fused-ring (bicyclic) bond motifs is 1. The lowest BCUT2D eigenvalue weighted by molar-refractivity contribution is -0.484. The molecule has 0 saturated carbocycles. The molecule has 3 aliphatic rings. The number of benzene rings is 2. The molecule has 0 spiro atoms. The molecule has 1 amide bonds. The van der Waals surface area contributed by atoms with E-state index in [1.54, 1.807) is 5.32 Å². The first kappa shape index (κ1) is 22.8. The Morgan fingerprint density at radius 2 is 1.71 bits per heavy atom. The number of para-hydroxylation sites is 1. The highest BCUT2D eigenvalue weighted by Crippen LogP contribution is 2.38. The van der Waals surface area contributed by atoms with E-state index in [1.165, 1.54) is 0 Å². The predicted octanol–water partition coefficient (Wildman–Crippen LogP) is 1.42. The molecule has 2 aromatic rings. The minimum atomic E-state index is -0.440. The van der Waals surface area contributed by atoms with Crippen LogP contribution in [0.25, 0.3) is 0 Å². The molecule has 3 aliphatic heterocycles. The van der Waals surface area contributed by atoms with Gasteiger partial charge in [-0.2, -0.15) is 0 Å². The maximum atomic E-state index is 12.9. The first-order chi connectivity index (χ1) is 16.6. The number of carbonyl (C=O) groups excluding carboxylic acids is 2. The summed E-state index contributed by atoms with van der Waals surface area (Å²) in [7, 11) is 2.12. The van der Waals surface area contributed by atoms with Crippen LogP contribution in [-0.2, 0) is 9.53 Å². The number of amides is 1. The minimum absolute atomic E-state index is 0.0301. The van der Waals surface area contributed by atoms with E-state index in [2.05, 4.69) is 21.7 Å². The number of ether oxygens (including phenoxy) is 2. The summed E-state index contributed by atoms with van der Waals surface area (Å²) in [5.41, 5.74) is 3.59. The van der Waals surface area contributed by atoms with Crippen molar-refractivity contribution in [2.45, 2.75) is 18.9 Å². The maximum Gasteiger partial charge on any atom is 0.319 e. The van der Waals surface area contributed by atoms with Crippen molar-refractivity contribution in [1.29, 1.82) is 0 Å². The molecule has 8 heteroatoms. The standard InChI is InChI=1S/C26H32N4O4/c1-28-9-11-30(12-10-28)23-4-2-3-22-24(31)17-21(34-26(22)23)18-25(32)27-19-5-7-20(8-6-19)29-13-15-33-16-14-29/h2-8,21H,9-18H2,1H3,(H,27,32)/p+1. The van der Waals surface area contributed by atoms with Crippen LogP contribution in [0, 0.1) is 0 Å². The SMILES string of the molecule is CN1CCN(c2cccc3c2OC(CC(=O)[NH2+]c2ccc(N4CCOCC4)cc2)CC3=O)CC1. The smallest absolute Gasteiger partial charge is 0.319 e. The number of hydrogen-bond donors (Lipinski definition) is 1. The summed E-state index contributed by atoms with van der Waals surface area (Å²) in [6.45, 7) is 6.97. The fourth-order valence-electron chi connectivity index (χ4n) is 4.88. The van der Waals surface area contributed by atoms with Crippen LogP contribution in [0.15, 0.2) is 42.5 Å². The number of nitrogens with two attached hydrogens (primary N) is 1. The summed E-state index contributed by atoms with van der Waals surface area (Å²) in [5.74, 6) is 0.651. The molecule has 0 bridgehead atoms. The molecule has 1 atom stereocenters. The zero-order chi connectivity index (χ0) is 23.5. The van der Waals surface area contributed by atoms with E-state index in [0.717, 1.165) is 69.5 Å². The van der Waals surface area contributed by atoms with Crippen LogP contribution in [0.3, 0.4) is 0 Å². The number of likely N-dealkylation sites (N-methyl/N-ethyl adjacent to an activating group) is 1. The van der Waals surface area contributed by atoms with Gasteiger partial charge in [-0.1, -0.05) is 6.07 Å². The van der Waals surface area contributed by atoms with Gasteiger partial charge < -0.3 is 24.2 Å². The van der Waals surface area contributed by atoms with E-state index in [0.29, 0.717) is 11.3 Å². The average Bonchev–Trinajstić information content (AvgIpc) is 2.85. The molecule has 1 unspecified atom stereocenters. The lowest BCUT2D eigenvalue weighted by Gasteiger charge is -2.36. The zero-order valence-electron chi connectivity index (χ0n) is 19.7. The number of hydrogen-bond acceptors (Lipinski definition) is 7. The number of rotatable bonds is 5. The van der Waals surface area contributed by atoms with Crippen LogP contribution >= 0.6 is 0 Å². The molecular formula is C26H33N4O4+. The normalized spacial score (nSPS) is 21.2. The number of anilines is 2. The van der Waals surface area contributed by atoms with Crippen molar-refractivity contribution in [3.05, 3.63) is 48.0 Å². The van der Waals surface area contributed by atoms with Gasteiger partial charge in [-0.05, 0) is 31.3 Å². The van der Waals surface area contributed by atoms with Crippen molar-refractivity contribution in [2.75, 3.05) is 69.3 Å². The van der Waals surface area contributed by atoms with Crippen LogP contribution in [0.5, 0.6) is 5.75 Å². The van der Waals surface area contributed by atoms with Crippen LogP contribution in [-0.4, -0.2) is 82.2 Å². The highest BCUT2D eigenvalue weighted by atomic mass is 16.5. The first-order valence-corrected chi connectivity index (χ1v) is 12.1. The van der Waals surface area contributed by atoms with Gasteiger partial charge in [-0.25, -0.2) is 4.79 Å². The average molecular weight is 466 g/mol. The molecule has 2 saturated heterocycles. The van der Waals surface area contributed by atoms with Crippen molar-refractivity contribution in [2.24, 2.45) is 0 Å². The second kappa shape index (κ2) is 10.1. The largest absolute Gasteiger partial charge is 0.486 e. The fourth-order valence-corrected chi connectivity index (χ4v) is 4.88. The minimum Gasteiger partial charge on any atom is -0.486 e. The predicted molar refractivity (Wildman–Crippen MR) is 130 cm³/mol. The van der Waals surface area contributed by atoms with E-state index in [9.17, 15) is 9.59 Å². The molecule has 2 aromatic carbocycles. The Balaban J connectivity index is 1.22. The van der Waals surface area contributed by atoms with Gasteiger partial charge in [0.2, 0.25) is 0 Å². The van der Waals surface area contributed by atoms with Gasteiger partial charge >= 0.3 is 5.91 Å². The molecule has 2 fully saturated rings. The van der Waals surface area contributed by atoms with E-state index in [4.69, 9.17) is 9.47 Å². The van der Waals surface area contributed by atoms with Gasteiger partial charge in [-0.15, -0.1) is 0 Å². The zero-order valence-corrected chi connectivity index (χ0v) is 19.7. The highest BCUT2D eigenvalue weighted by molar-refractivity contribution is 6.02. The second-order valence-electron chi connectivity index (χ2n) is 9.32. The summed E-state index contributed by atoms with van der Waals surface area (Å²) < 4.78 is 11.7. The Morgan fingerprint density at radius 1 is 0.971 bits per heavy atom. The number of ketones is 1. The number of morpholine rings is 1. The van der Waals surface area contributed by atoms with E-state index in [-0.39, 0.29) is 24.5 Å². The van der Waals surface area contributed by atoms with Crippen LogP contribution in [0.2, 0.25) is 0 Å². The number of carbonyl (C=O) groups is 2. The molecule has 34 heavy (non-hydrogen) atoms. The molecule has 2 N–H and O–H groups in total.